The van der Waals surface area contributed by atoms with Crippen LogP contribution in [0, 0.1) is 6.92 Å². The minimum atomic E-state index is 0.196. The van der Waals surface area contributed by atoms with Crippen LogP contribution in [-0.2, 0) is 4.79 Å². The fraction of sp³-hybridized carbons (Fsp3) is 0.379. The van der Waals surface area contributed by atoms with Crippen molar-refractivity contribution in [3.05, 3.63) is 89.3 Å². The van der Waals surface area contributed by atoms with Crippen LogP contribution in [0.25, 0.3) is 5.57 Å². The highest BCUT2D eigenvalue weighted by atomic mass is 16.2. The number of hydrogen-bond acceptors (Lipinski definition) is 4. The fourth-order valence-electron chi connectivity index (χ4n) is 4.51. The second kappa shape index (κ2) is 11.7. The van der Waals surface area contributed by atoms with E-state index in [1.165, 1.54) is 23.4 Å². The van der Waals surface area contributed by atoms with Gasteiger partial charge >= 0.3 is 0 Å². The lowest BCUT2D eigenvalue weighted by Gasteiger charge is -2.38. The number of rotatable bonds is 7. The van der Waals surface area contributed by atoms with Gasteiger partial charge in [0.2, 0.25) is 5.91 Å². The molecule has 1 N–H and O–H groups in total. The van der Waals surface area contributed by atoms with Gasteiger partial charge in [0.15, 0.2) is 0 Å². The van der Waals surface area contributed by atoms with Gasteiger partial charge in [0.05, 0.1) is 11.5 Å². The van der Waals surface area contributed by atoms with E-state index in [1.807, 2.05) is 11.0 Å². The number of hydrogen-bond donors (Lipinski definition) is 1. The first-order chi connectivity index (χ1) is 16.6. The maximum absolute atomic E-state index is 12.9. The summed E-state index contributed by atoms with van der Waals surface area (Å²) in [6, 6.07) is 18.8. The minimum absolute atomic E-state index is 0.196. The molecular formula is C29H36N4O. The average Bonchev–Trinajstić information content (AvgIpc) is 2.89. The molecule has 0 atom stereocenters. The van der Waals surface area contributed by atoms with Gasteiger partial charge in [-0.25, -0.2) is 0 Å². The molecule has 0 aliphatic carbocycles. The first-order valence-corrected chi connectivity index (χ1v) is 12.4. The highest BCUT2D eigenvalue weighted by molar-refractivity contribution is 6.12. The van der Waals surface area contributed by atoms with Crippen LogP contribution in [0.3, 0.4) is 0 Å². The van der Waals surface area contributed by atoms with Crippen molar-refractivity contribution < 1.29 is 4.79 Å². The van der Waals surface area contributed by atoms with Crippen LogP contribution in [0.2, 0.25) is 0 Å². The van der Waals surface area contributed by atoms with Crippen LogP contribution < -0.4 is 5.32 Å². The standard InChI is InChI=1S/C29H36N4O/c1-23-9-8-12-26(21-23)27(22-24(2)25-10-4-3-5-11-25)30-16-14-29(34)33-19-17-32(18-20-33)28-13-6-7-15-31-28/h3-5,8-13,21-22,31H,6-7,14-20H2,1-2H3/b24-22+,30-27?. The normalized spacial score (nSPS) is 17.3. The van der Waals surface area contributed by atoms with Gasteiger partial charge in [0, 0.05) is 45.7 Å². The molecule has 0 radical (unpaired) electrons. The highest BCUT2D eigenvalue weighted by Crippen LogP contribution is 2.17. The summed E-state index contributed by atoms with van der Waals surface area (Å²) in [6.45, 7) is 9.08. The first kappa shape index (κ1) is 23.8. The van der Waals surface area contributed by atoms with Crippen LogP contribution >= 0.6 is 0 Å². The summed E-state index contributed by atoms with van der Waals surface area (Å²) >= 11 is 0. The number of aliphatic imine (C=N–C) groups is 1. The number of carbonyl (C=O) groups excluding carboxylic acids is 1. The average molecular weight is 457 g/mol. The van der Waals surface area contributed by atoms with Gasteiger partial charge in [-0.1, -0.05) is 54.1 Å². The number of piperazine rings is 1. The van der Waals surface area contributed by atoms with Crippen LogP contribution in [0.5, 0.6) is 0 Å². The van der Waals surface area contributed by atoms with Crippen LogP contribution in [0.4, 0.5) is 0 Å². The van der Waals surface area contributed by atoms with E-state index in [0.717, 1.165) is 56.0 Å². The third-order valence-corrected chi connectivity index (χ3v) is 6.50. The summed E-state index contributed by atoms with van der Waals surface area (Å²) < 4.78 is 0. The molecule has 5 nitrogen and oxygen atoms in total. The molecule has 2 aliphatic heterocycles. The summed E-state index contributed by atoms with van der Waals surface area (Å²) in [5.41, 5.74) is 5.56. The molecule has 2 aliphatic rings. The summed E-state index contributed by atoms with van der Waals surface area (Å²) in [7, 11) is 0. The molecule has 2 aromatic rings. The van der Waals surface area contributed by atoms with Crippen LogP contribution in [0.1, 0.15) is 42.9 Å². The zero-order valence-corrected chi connectivity index (χ0v) is 20.5. The Kier molecular flexibility index (Phi) is 8.18. The Hall–Kier alpha value is -3.34. The zero-order valence-electron chi connectivity index (χ0n) is 20.5. The van der Waals surface area contributed by atoms with Crippen LogP contribution in [-0.4, -0.2) is 60.7 Å². The number of amides is 1. The lowest BCUT2D eigenvalue weighted by Crippen LogP contribution is -2.50. The van der Waals surface area contributed by atoms with E-state index in [-0.39, 0.29) is 5.91 Å². The molecule has 0 spiro atoms. The van der Waals surface area contributed by atoms with Gasteiger partial charge in [-0.3, -0.25) is 9.79 Å². The molecule has 2 aromatic carbocycles. The Bertz CT molecular complexity index is 1060. The number of carbonyl (C=O) groups is 1. The third kappa shape index (κ3) is 6.37. The van der Waals surface area contributed by atoms with Crippen molar-refractivity contribution in [1.82, 2.24) is 15.1 Å². The number of allylic oxidation sites excluding steroid dienone is 3. The number of aryl methyl sites for hydroxylation is 1. The van der Waals surface area contributed by atoms with Crippen LogP contribution in [0.15, 0.2) is 77.6 Å². The fourth-order valence-corrected chi connectivity index (χ4v) is 4.51. The molecule has 34 heavy (non-hydrogen) atoms. The Morgan fingerprint density at radius 3 is 2.50 bits per heavy atom. The Labute approximate surface area is 203 Å². The SMILES string of the molecule is C/C(=C\C(=NCCC(=O)N1CCN(C2=CCCCN2)CC1)c1cccc(C)c1)c1ccccc1. The Balaban J connectivity index is 1.39. The number of nitrogens with one attached hydrogen (secondary N) is 1. The Morgan fingerprint density at radius 2 is 1.79 bits per heavy atom. The molecule has 4 rings (SSSR count). The number of nitrogens with zero attached hydrogens (tertiary/aromatic N) is 3. The maximum atomic E-state index is 12.9. The maximum Gasteiger partial charge on any atom is 0.224 e. The van der Waals surface area contributed by atoms with Gasteiger partial charge in [-0.2, -0.15) is 0 Å². The molecule has 1 saturated heterocycles. The molecule has 178 valence electrons. The van der Waals surface area contributed by atoms with E-state index in [1.54, 1.807) is 0 Å². The molecular weight excluding hydrogens is 420 g/mol. The second-order valence-electron chi connectivity index (χ2n) is 9.11. The van der Waals surface area contributed by atoms with Crippen molar-refractivity contribution in [3.63, 3.8) is 0 Å². The largest absolute Gasteiger partial charge is 0.372 e. The molecule has 1 fully saturated rings. The van der Waals surface area contributed by atoms with Crippen molar-refractivity contribution >= 4 is 17.2 Å². The zero-order chi connectivity index (χ0) is 23.8. The molecule has 5 heteroatoms. The molecule has 0 bridgehead atoms. The molecule has 0 saturated carbocycles. The predicted molar refractivity (Wildman–Crippen MR) is 141 cm³/mol. The van der Waals surface area contributed by atoms with E-state index in [4.69, 9.17) is 4.99 Å². The summed E-state index contributed by atoms with van der Waals surface area (Å²) in [6.07, 6.45) is 7.20. The van der Waals surface area contributed by atoms with Crippen molar-refractivity contribution in [1.29, 1.82) is 0 Å². The van der Waals surface area contributed by atoms with Gasteiger partial charge in [-0.15, -0.1) is 0 Å². The lowest BCUT2D eigenvalue weighted by atomic mass is 10.0. The van der Waals surface area contributed by atoms with Crippen molar-refractivity contribution in [2.45, 2.75) is 33.1 Å². The smallest absolute Gasteiger partial charge is 0.224 e. The minimum Gasteiger partial charge on any atom is -0.372 e. The first-order valence-electron chi connectivity index (χ1n) is 12.4. The van der Waals surface area contributed by atoms with Gasteiger partial charge in [0.25, 0.3) is 0 Å². The van der Waals surface area contributed by atoms with E-state index < -0.39 is 0 Å². The lowest BCUT2D eigenvalue weighted by molar-refractivity contribution is -0.132. The van der Waals surface area contributed by atoms with Gasteiger partial charge in [0.1, 0.15) is 0 Å². The van der Waals surface area contributed by atoms with Crippen molar-refractivity contribution in [2.75, 3.05) is 39.3 Å². The van der Waals surface area contributed by atoms with Crippen molar-refractivity contribution in [2.24, 2.45) is 4.99 Å². The molecule has 1 amide bonds. The van der Waals surface area contributed by atoms with Gasteiger partial charge in [-0.05, 0) is 61.6 Å². The van der Waals surface area contributed by atoms with Gasteiger partial charge < -0.3 is 15.1 Å². The van der Waals surface area contributed by atoms with Crippen molar-refractivity contribution in [3.8, 4) is 0 Å². The summed E-state index contributed by atoms with van der Waals surface area (Å²) in [4.78, 5) is 22.1. The quantitative estimate of drug-likeness (QED) is 0.617. The van der Waals surface area contributed by atoms with E-state index in [0.29, 0.717) is 13.0 Å². The third-order valence-electron chi connectivity index (χ3n) is 6.50. The number of benzene rings is 2. The molecule has 0 unspecified atom stereocenters. The van der Waals surface area contributed by atoms with E-state index in [2.05, 4.69) is 84.7 Å². The van der Waals surface area contributed by atoms with E-state index in [9.17, 15) is 4.79 Å². The molecule has 0 aromatic heterocycles. The monoisotopic (exact) mass is 456 g/mol. The Morgan fingerprint density at radius 1 is 1.03 bits per heavy atom. The molecule has 2 heterocycles. The summed E-state index contributed by atoms with van der Waals surface area (Å²) in [5, 5.41) is 3.49. The highest BCUT2D eigenvalue weighted by Gasteiger charge is 2.22. The second-order valence-corrected chi connectivity index (χ2v) is 9.11. The summed E-state index contributed by atoms with van der Waals surface area (Å²) in [5.74, 6) is 1.44. The predicted octanol–water partition coefficient (Wildman–Crippen LogP) is 4.65. The topological polar surface area (TPSA) is 47.9 Å². The van der Waals surface area contributed by atoms with E-state index >= 15 is 0 Å².